The van der Waals surface area contributed by atoms with Crippen LogP contribution in [0.1, 0.15) is 97.1 Å². The second kappa shape index (κ2) is 17.3. The van der Waals surface area contributed by atoms with Gasteiger partial charge in [-0.2, -0.15) is 4.57 Å². The Morgan fingerprint density at radius 2 is 1.26 bits per heavy atom. The fourth-order valence-electron chi connectivity index (χ4n) is 3.25. The first kappa shape index (κ1) is 26.2. The summed E-state index contributed by atoms with van der Waals surface area (Å²) in [6.45, 7) is 5.27. The van der Waals surface area contributed by atoms with Crippen molar-refractivity contribution >= 4 is 5.69 Å². The highest BCUT2D eigenvalue weighted by molar-refractivity contribution is 5.41. The minimum Gasteiger partial charge on any atom is -1.00 e. The number of nitrogens with zero attached hydrogens (tertiary/aromatic N) is 2. The summed E-state index contributed by atoms with van der Waals surface area (Å²) in [7, 11) is 4.13. The van der Waals surface area contributed by atoms with Crippen molar-refractivity contribution in [3.63, 3.8) is 0 Å². The van der Waals surface area contributed by atoms with E-state index >= 15 is 0 Å². The number of hydrogen-bond acceptors (Lipinski definition) is 2. The molecule has 0 bridgehead atoms. The van der Waals surface area contributed by atoms with Gasteiger partial charge in [0.15, 0.2) is 12.4 Å². The lowest BCUT2D eigenvalue weighted by molar-refractivity contribution is -0.758. The van der Waals surface area contributed by atoms with Gasteiger partial charge in [0.05, 0.1) is 6.61 Å². The Bertz CT molecular complexity index is 437. The van der Waals surface area contributed by atoms with Crippen LogP contribution in [0.15, 0.2) is 24.5 Å². The quantitative estimate of drug-likeness (QED) is 0.314. The summed E-state index contributed by atoms with van der Waals surface area (Å²) in [6, 6.07) is 4.26. The molecule has 0 N–H and O–H groups in total. The Labute approximate surface area is 174 Å². The third kappa shape index (κ3) is 13.1. The topological polar surface area (TPSA) is 16.4 Å². The molecule has 0 aliphatic rings. The van der Waals surface area contributed by atoms with E-state index in [0.717, 1.165) is 6.61 Å². The molecular weight excluding hydrogens is 356 g/mol. The number of halogens is 1. The van der Waals surface area contributed by atoms with E-state index in [4.69, 9.17) is 4.74 Å². The third-order valence-electron chi connectivity index (χ3n) is 5.13. The zero-order valence-corrected chi connectivity index (χ0v) is 19.0. The molecule has 0 radical (unpaired) electrons. The first-order valence-corrected chi connectivity index (χ1v) is 10.9. The standard InChI is InChI=1S/C23H43N2O.ClH/c1-5-6-7-8-9-10-11-12-13-14-15-16-21-26-22(2)25-19-17-23(18-20-25)24(3)4;/h17-20,22H,5-16,21H2,1-4H3;1H/q+1;/p-1. The fraction of sp³-hybridized carbons (Fsp3) is 0.783. The lowest BCUT2D eigenvalue weighted by atomic mass is 10.1. The maximum absolute atomic E-state index is 5.97. The van der Waals surface area contributed by atoms with Gasteiger partial charge in [-0.15, -0.1) is 0 Å². The van der Waals surface area contributed by atoms with Gasteiger partial charge >= 0.3 is 0 Å². The molecule has 0 aromatic carbocycles. The smallest absolute Gasteiger partial charge is 0.259 e. The average Bonchev–Trinajstić information content (AvgIpc) is 2.65. The molecule has 0 aliphatic carbocycles. The van der Waals surface area contributed by atoms with Crippen LogP contribution < -0.4 is 21.9 Å². The van der Waals surface area contributed by atoms with Crippen LogP contribution in [-0.4, -0.2) is 20.7 Å². The predicted octanol–water partition coefficient (Wildman–Crippen LogP) is 3.28. The summed E-state index contributed by atoms with van der Waals surface area (Å²) in [5, 5.41) is 0. The van der Waals surface area contributed by atoms with Crippen molar-refractivity contribution in [2.24, 2.45) is 0 Å². The zero-order valence-electron chi connectivity index (χ0n) is 18.3. The van der Waals surface area contributed by atoms with E-state index in [2.05, 4.69) is 61.9 Å². The van der Waals surface area contributed by atoms with Crippen molar-refractivity contribution < 1.29 is 21.7 Å². The fourth-order valence-corrected chi connectivity index (χ4v) is 3.25. The molecule has 3 nitrogen and oxygen atoms in total. The highest BCUT2D eigenvalue weighted by Gasteiger charge is 2.12. The molecule has 0 fully saturated rings. The van der Waals surface area contributed by atoms with E-state index in [1.807, 2.05) is 0 Å². The van der Waals surface area contributed by atoms with Crippen molar-refractivity contribution in [2.75, 3.05) is 25.6 Å². The molecule has 1 atom stereocenters. The minimum absolute atomic E-state index is 0. The molecular formula is C23H43ClN2O. The van der Waals surface area contributed by atoms with Gasteiger partial charge < -0.3 is 22.0 Å². The number of ether oxygens (including phenoxy) is 1. The molecule has 0 aliphatic heterocycles. The van der Waals surface area contributed by atoms with E-state index in [9.17, 15) is 0 Å². The van der Waals surface area contributed by atoms with Crippen molar-refractivity contribution in [1.29, 1.82) is 0 Å². The van der Waals surface area contributed by atoms with Gasteiger partial charge in [0.1, 0.15) is 0 Å². The Morgan fingerprint density at radius 1 is 0.815 bits per heavy atom. The van der Waals surface area contributed by atoms with Gasteiger partial charge in [-0.05, 0) is 6.42 Å². The van der Waals surface area contributed by atoms with Crippen molar-refractivity contribution in [3.05, 3.63) is 24.5 Å². The van der Waals surface area contributed by atoms with Crippen molar-refractivity contribution in [1.82, 2.24) is 0 Å². The van der Waals surface area contributed by atoms with Gasteiger partial charge in [-0.1, -0.05) is 77.6 Å². The van der Waals surface area contributed by atoms with Crippen LogP contribution in [0.3, 0.4) is 0 Å². The van der Waals surface area contributed by atoms with Crippen molar-refractivity contribution in [3.8, 4) is 0 Å². The van der Waals surface area contributed by atoms with Gasteiger partial charge in [0, 0.05) is 38.8 Å². The number of hydrogen-bond donors (Lipinski definition) is 0. The maximum Gasteiger partial charge on any atom is 0.259 e. The summed E-state index contributed by atoms with van der Waals surface area (Å²) < 4.78 is 8.10. The second-order valence-corrected chi connectivity index (χ2v) is 7.76. The van der Waals surface area contributed by atoms with Gasteiger partial charge in [0.2, 0.25) is 0 Å². The molecule has 0 amide bonds. The predicted molar refractivity (Wildman–Crippen MR) is 113 cm³/mol. The Hall–Kier alpha value is -0.800. The number of aromatic nitrogens is 1. The molecule has 27 heavy (non-hydrogen) atoms. The Kier molecular flexibility index (Phi) is 16.8. The van der Waals surface area contributed by atoms with Gasteiger partial charge in [0.25, 0.3) is 6.23 Å². The molecule has 0 saturated carbocycles. The molecule has 1 unspecified atom stereocenters. The Balaban J connectivity index is 0.00000676. The molecule has 1 rings (SSSR count). The van der Waals surface area contributed by atoms with Crippen LogP contribution >= 0.6 is 0 Å². The average molecular weight is 399 g/mol. The SMILES string of the molecule is CCCCCCCCCCCCCCOC(C)[n+]1ccc(N(C)C)cc1.[Cl-]. The van der Waals surface area contributed by atoms with Crippen LogP contribution in [-0.2, 0) is 4.74 Å². The highest BCUT2D eigenvalue weighted by Crippen LogP contribution is 2.12. The second-order valence-electron chi connectivity index (χ2n) is 7.76. The summed E-state index contributed by atoms with van der Waals surface area (Å²) in [4.78, 5) is 2.11. The highest BCUT2D eigenvalue weighted by atomic mass is 35.5. The van der Waals surface area contributed by atoms with E-state index in [1.165, 1.54) is 82.7 Å². The van der Waals surface area contributed by atoms with E-state index < -0.39 is 0 Å². The van der Waals surface area contributed by atoms with Crippen LogP contribution in [0.5, 0.6) is 0 Å². The van der Waals surface area contributed by atoms with Gasteiger partial charge in [-0.3, -0.25) is 0 Å². The van der Waals surface area contributed by atoms with E-state index in [0.29, 0.717) is 0 Å². The summed E-state index contributed by atoms with van der Waals surface area (Å²) in [6.07, 6.45) is 20.9. The van der Waals surface area contributed by atoms with E-state index in [-0.39, 0.29) is 18.6 Å². The summed E-state index contributed by atoms with van der Waals surface area (Å²) in [5.74, 6) is 0. The summed E-state index contributed by atoms with van der Waals surface area (Å²) >= 11 is 0. The monoisotopic (exact) mass is 398 g/mol. The number of rotatable bonds is 16. The number of unbranched alkanes of at least 4 members (excludes halogenated alkanes) is 11. The van der Waals surface area contributed by atoms with Gasteiger partial charge in [-0.25, -0.2) is 0 Å². The van der Waals surface area contributed by atoms with Crippen LogP contribution in [0.25, 0.3) is 0 Å². The molecule has 0 saturated heterocycles. The normalized spacial score (nSPS) is 11.9. The first-order chi connectivity index (χ1) is 12.6. The van der Waals surface area contributed by atoms with Crippen LogP contribution in [0, 0.1) is 0 Å². The molecule has 1 aromatic heterocycles. The zero-order chi connectivity index (χ0) is 19.0. The number of anilines is 1. The lowest BCUT2D eigenvalue weighted by Crippen LogP contribution is -3.00. The molecule has 1 heterocycles. The molecule has 158 valence electrons. The minimum atomic E-state index is 0. The lowest BCUT2D eigenvalue weighted by Gasteiger charge is -2.12. The molecule has 1 aromatic rings. The van der Waals surface area contributed by atoms with Crippen LogP contribution in [0.2, 0.25) is 0 Å². The largest absolute Gasteiger partial charge is 1.00 e. The number of pyridine rings is 1. The molecule has 0 spiro atoms. The first-order valence-electron chi connectivity index (χ1n) is 10.9. The van der Waals surface area contributed by atoms with Crippen molar-refractivity contribution in [2.45, 2.75) is 97.1 Å². The van der Waals surface area contributed by atoms with E-state index in [1.54, 1.807) is 0 Å². The third-order valence-corrected chi connectivity index (χ3v) is 5.13. The van der Waals surface area contributed by atoms with Crippen LogP contribution in [0.4, 0.5) is 5.69 Å². The molecule has 4 heteroatoms. The summed E-state index contributed by atoms with van der Waals surface area (Å²) in [5.41, 5.74) is 1.22. The Morgan fingerprint density at radius 3 is 1.70 bits per heavy atom. The maximum atomic E-state index is 5.97.